The molecule has 4 rings (SSSR count). The van der Waals surface area contributed by atoms with E-state index in [-0.39, 0.29) is 34.2 Å². The predicted molar refractivity (Wildman–Crippen MR) is 109 cm³/mol. The van der Waals surface area contributed by atoms with Crippen molar-refractivity contribution >= 4 is 30.2 Å². The molecule has 3 aromatic rings. The second-order valence-corrected chi connectivity index (χ2v) is 6.57. The summed E-state index contributed by atoms with van der Waals surface area (Å²) in [6.07, 6.45) is 4.22. The number of hydrogen-bond donors (Lipinski definition) is 2. The number of nitrogens with one attached hydrogen (secondary N) is 2. The van der Waals surface area contributed by atoms with Crippen LogP contribution >= 0.6 is 13.5 Å². The molecule has 1 aliphatic rings. The van der Waals surface area contributed by atoms with Crippen molar-refractivity contribution in [3.05, 3.63) is 65.7 Å². The fraction of sp³-hybridized carbons (Fsp3) is 0.300. The Balaban J connectivity index is 0.00000121. The minimum Gasteiger partial charge on any atom is -0.349 e. The maximum atomic E-state index is 12.7. The molecular weight excluding hydrogens is 330 g/mol. The lowest BCUT2D eigenvalue weighted by atomic mass is 9.88. The first kappa shape index (κ1) is 17.5. The second-order valence-electron chi connectivity index (χ2n) is 6.57. The van der Waals surface area contributed by atoms with Gasteiger partial charge >= 0.3 is 0 Å². The first-order valence-electron chi connectivity index (χ1n) is 8.51. The van der Waals surface area contributed by atoms with E-state index in [2.05, 4.69) is 52.5 Å². The molecule has 2 N–H and O–H groups in total. The van der Waals surface area contributed by atoms with Crippen LogP contribution in [0.3, 0.4) is 0 Å². The number of aromatic nitrogens is 2. The minimum atomic E-state index is -0.00763. The lowest BCUT2D eigenvalue weighted by molar-refractivity contribution is -0.126. The highest BCUT2D eigenvalue weighted by molar-refractivity contribution is 7.59. The van der Waals surface area contributed by atoms with Crippen LogP contribution in [0.4, 0.5) is 0 Å². The minimum absolute atomic E-state index is 0. The SMILES string of the molecule is C[C@H](NC(=O)C1CCc2nc[nH]c2C1)c1cccc2ccccc12.S.[HH].[HH]. The van der Waals surface area contributed by atoms with Crippen LogP contribution in [-0.2, 0) is 17.6 Å². The number of aryl methyl sites for hydroxylation is 1. The third kappa shape index (κ3) is 3.42. The number of hydrogen-bond acceptors (Lipinski definition) is 2. The largest absolute Gasteiger partial charge is 0.349 e. The Kier molecular flexibility index (Phi) is 5.13. The highest BCUT2D eigenvalue weighted by Crippen LogP contribution is 2.26. The number of carbonyl (C=O) groups is 1. The van der Waals surface area contributed by atoms with Gasteiger partial charge in [-0.1, -0.05) is 42.5 Å². The van der Waals surface area contributed by atoms with E-state index in [1.54, 1.807) is 6.33 Å². The zero-order chi connectivity index (χ0) is 16.5. The summed E-state index contributed by atoms with van der Waals surface area (Å²) in [6, 6.07) is 14.6. The van der Waals surface area contributed by atoms with Crippen molar-refractivity contribution < 1.29 is 7.65 Å². The zero-order valence-corrected chi connectivity index (χ0v) is 15.3. The van der Waals surface area contributed by atoms with Crippen molar-refractivity contribution in [3.63, 3.8) is 0 Å². The molecule has 1 aliphatic carbocycles. The molecular formula is C20H27N3OS. The Morgan fingerprint density at radius 3 is 2.96 bits per heavy atom. The van der Waals surface area contributed by atoms with Crippen LogP contribution in [0.2, 0.25) is 0 Å². The first-order chi connectivity index (χ1) is 11.7. The third-order valence-corrected chi connectivity index (χ3v) is 5.01. The van der Waals surface area contributed by atoms with Crippen LogP contribution in [-0.4, -0.2) is 15.9 Å². The van der Waals surface area contributed by atoms with Gasteiger partial charge in [-0.15, -0.1) is 0 Å². The van der Waals surface area contributed by atoms with Crippen molar-refractivity contribution in [1.82, 2.24) is 15.3 Å². The topological polar surface area (TPSA) is 57.8 Å². The van der Waals surface area contributed by atoms with Gasteiger partial charge in [-0.25, -0.2) is 4.98 Å². The number of rotatable bonds is 3. The van der Waals surface area contributed by atoms with Crippen LogP contribution in [0, 0.1) is 5.92 Å². The Morgan fingerprint density at radius 1 is 1.28 bits per heavy atom. The van der Waals surface area contributed by atoms with Gasteiger partial charge < -0.3 is 10.3 Å². The van der Waals surface area contributed by atoms with Crippen LogP contribution in [0.15, 0.2) is 48.8 Å². The number of fused-ring (bicyclic) bond motifs is 2. The third-order valence-electron chi connectivity index (χ3n) is 5.01. The Hall–Kier alpha value is -2.27. The average Bonchev–Trinajstić information content (AvgIpc) is 3.08. The van der Waals surface area contributed by atoms with Gasteiger partial charge in [0.25, 0.3) is 0 Å². The number of imidazole rings is 1. The molecule has 0 aliphatic heterocycles. The summed E-state index contributed by atoms with van der Waals surface area (Å²) in [6.45, 7) is 2.06. The molecule has 1 heterocycles. The van der Waals surface area contributed by atoms with Gasteiger partial charge in [-0.05, 0) is 36.1 Å². The molecule has 1 unspecified atom stereocenters. The Morgan fingerprint density at radius 2 is 2.08 bits per heavy atom. The standard InChI is InChI=1S/C20H21N3O.H2S.2H2/c1-13(16-8-4-6-14-5-2-3-7-17(14)16)23-20(24)15-9-10-18-19(11-15)22-12-21-18;;;/h2-8,12-13,15H,9-11H2,1H3,(H,21,22)(H,23,24);1H2;2*1H/t13-,15?;;;/m0.../s1. The number of carbonyl (C=O) groups excluding carboxylic acids is 1. The highest BCUT2D eigenvalue weighted by Gasteiger charge is 2.27. The van der Waals surface area contributed by atoms with Crippen molar-refractivity contribution in [2.75, 3.05) is 0 Å². The monoisotopic (exact) mass is 357 g/mol. The normalized spacial score (nSPS) is 17.4. The molecule has 2 aromatic carbocycles. The summed E-state index contributed by atoms with van der Waals surface area (Å²) in [5.41, 5.74) is 3.39. The molecule has 2 atom stereocenters. The van der Waals surface area contributed by atoms with E-state index < -0.39 is 0 Å². The summed E-state index contributed by atoms with van der Waals surface area (Å²) < 4.78 is 0. The van der Waals surface area contributed by atoms with E-state index in [1.807, 2.05) is 12.1 Å². The van der Waals surface area contributed by atoms with Gasteiger partial charge in [0.15, 0.2) is 0 Å². The molecule has 134 valence electrons. The quantitative estimate of drug-likeness (QED) is 0.740. The first-order valence-corrected chi connectivity index (χ1v) is 8.51. The van der Waals surface area contributed by atoms with Gasteiger partial charge in [0.2, 0.25) is 5.91 Å². The van der Waals surface area contributed by atoms with E-state index in [4.69, 9.17) is 0 Å². The van der Waals surface area contributed by atoms with Crippen LogP contribution in [0.5, 0.6) is 0 Å². The van der Waals surface area contributed by atoms with Crippen LogP contribution in [0.1, 0.15) is 39.2 Å². The summed E-state index contributed by atoms with van der Waals surface area (Å²) >= 11 is 0. The molecule has 1 aromatic heterocycles. The fourth-order valence-corrected chi connectivity index (χ4v) is 3.66. The van der Waals surface area contributed by atoms with E-state index in [0.717, 1.165) is 30.7 Å². The van der Waals surface area contributed by atoms with E-state index in [0.29, 0.717) is 0 Å². The number of aromatic amines is 1. The Bertz CT molecular complexity index is 894. The molecule has 25 heavy (non-hydrogen) atoms. The molecule has 1 amide bonds. The molecule has 0 fully saturated rings. The van der Waals surface area contributed by atoms with Crippen molar-refractivity contribution in [2.45, 2.75) is 32.2 Å². The smallest absolute Gasteiger partial charge is 0.223 e. The van der Waals surface area contributed by atoms with Crippen molar-refractivity contribution in [3.8, 4) is 0 Å². The lowest BCUT2D eigenvalue weighted by Gasteiger charge is -2.24. The van der Waals surface area contributed by atoms with Gasteiger partial charge in [0.1, 0.15) is 0 Å². The lowest BCUT2D eigenvalue weighted by Crippen LogP contribution is -2.35. The summed E-state index contributed by atoms with van der Waals surface area (Å²) in [5.74, 6) is 0.158. The molecule has 4 nitrogen and oxygen atoms in total. The van der Waals surface area contributed by atoms with Crippen molar-refractivity contribution in [2.24, 2.45) is 5.92 Å². The van der Waals surface area contributed by atoms with E-state index in [9.17, 15) is 4.79 Å². The highest BCUT2D eigenvalue weighted by atomic mass is 32.1. The Labute approximate surface area is 157 Å². The number of H-pyrrole nitrogens is 1. The fourth-order valence-electron chi connectivity index (χ4n) is 3.66. The van der Waals surface area contributed by atoms with E-state index >= 15 is 0 Å². The summed E-state index contributed by atoms with van der Waals surface area (Å²) in [5, 5.41) is 5.61. The number of nitrogens with zero attached hydrogens (tertiary/aromatic N) is 1. The van der Waals surface area contributed by atoms with Gasteiger partial charge in [-0.3, -0.25) is 4.79 Å². The summed E-state index contributed by atoms with van der Waals surface area (Å²) in [4.78, 5) is 20.2. The van der Waals surface area contributed by atoms with Crippen molar-refractivity contribution in [1.29, 1.82) is 0 Å². The maximum absolute atomic E-state index is 12.7. The zero-order valence-electron chi connectivity index (χ0n) is 14.3. The molecule has 0 radical (unpaired) electrons. The van der Waals surface area contributed by atoms with Crippen LogP contribution in [0.25, 0.3) is 10.8 Å². The molecule has 0 bridgehead atoms. The predicted octanol–water partition coefficient (Wildman–Crippen LogP) is 4.15. The molecule has 0 saturated carbocycles. The number of benzene rings is 2. The van der Waals surface area contributed by atoms with Gasteiger partial charge in [0, 0.05) is 20.9 Å². The van der Waals surface area contributed by atoms with Crippen LogP contribution < -0.4 is 5.32 Å². The molecule has 0 saturated heterocycles. The maximum Gasteiger partial charge on any atom is 0.223 e. The van der Waals surface area contributed by atoms with E-state index in [1.165, 1.54) is 16.3 Å². The second kappa shape index (κ2) is 7.31. The average molecular weight is 358 g/mol. The molecule has 5 heteroatoms. The van der Waals surface area contributed by atoms with Gasteiger partial charge in [0.05, 0.1) is 18.1 Å². The summed E-state index contributed by atoms with van der Waals surface area (Å²) in [7, 11) is 0. The number of amides is 1. The van der Waals surface area contributed by atoms with Gasteiger partial charge in [-0.2, -0.15) is 13.5 Å². The molecule has 0 spiro atoms.